The number of nitrogens with zero attached hydrogens (tertiary/aromatic N) is 1. The monoisotopic (exact) mass is 317 g/mol. The average Bonchev–Trinajstić information content (AvgIpc) is 2.65. The third kappa shape index (κ3) is 2.31. The fraction of sp³-hybridized carbons (Fsp3) is 0.364. The van der Waals surface area contributed by atoms with Crippen molar-refractivity contribution >= 4 is 28.5 Å². The number of hydrogen-bond acceptors (Lipinski definition) is 2. The summed E-state index contributed by atoms with van der Waals surface area (Å²) in [6, 6.07) is 7.52. The van der Waals surface area contributed by atoms with Gasteiger partial charge in [-0.15, -0.1) is 0 Å². The van der Waals surface area contributed by atoms with Gasteiger partial charge in [-0.3, -0.25) is 4.79 Å². The van der Waals surface area contributed by atoms with Gasteiger partial charge >= 0.3 is 0 Å². The van der Waals surface area contributed by atoms with Crippen LogP contribution in [0.25, 0.3) is 0 Å². The van der Waals surface area contributed by atoms with Crippen LogP contribution < -0.4 is 0 Å². The molecule has 0 saturated carbocycles. The highest BCUT2D eigenvalue weighted by atomic mass is 127. The second-order valence-corrected chi connectivity index (χ2v) is 4.84. The summed E-state index contributed by atoms with van der Waals surface area (Å²) < 4.78 is 0.960. The number of amides is 1. The number of rotatable bonds is 1. The molecule has 3 nitrogen and oxygen atoms in total. The van der Waals surface area contributed by atoms with Crippen molar-refractivity contribution < 1.29 is 9.90 Å². The van der Waals surface area contributed by atoms with E-state index >= 15 is 0 Å². The first kappa shape index (κ1) is 10.9. The summed E-state index contributed by atoms with van der Waals surface area (Å²) in [5.41, 5.74) is 0.729. The molecule has 1 aliphatic heterocycles. The summed E-state index contributed by atoms with van der Waals surface area (Å²) in [5.74, 6) is 0.0246. The highest BCUT2D eigenvalue weighted by Crippen LogP contribution is 2.17. The SMILES string of the molecule is O=C(c1ccccc1I)N1CC[C@H](O)C1. The molecule has 1 atom stereocenters. The molecule has 15 heavy (non-hydrogen) atoms. The molecule has 1 N–H and O–H groups in total. The van der Waals surface area contributed by atoms with Gasteiger partial charge in [0.1, 0.15) is 0 Å². The molecule has 1 fully saturated rings. The minimum Gasteiger partial charge on any atom is -0.391 e. The van der Waals surface area contributed by atoms with Gasteiger partial charge < -0.3 is 10.0 Å². The van der Waals surface area contributed by atoms with Crippen LogP contribution in [0.5, 0.6) is 0 Å². The lowest BCUT2D eigenvalue weighted by Gasteiger charge is -2.16. The van der Waals surface area contributed by atoms with E-state index in [-0.39, 0.29) is 12.0 Å². The zero-order valence-electron chi connectivity index (χ0n) is 8.19. The molecular weight excluding hydrogens is 305 g/mol. The predicted octanol–water partition coefficient (Wildman–Crippen LogP) is 1.50. The van der Waals surface area contributed by atoms with E-state index in [2.05, 4.69) is 22.6 Å². The third-order valence-electron chi connectivity index (χ3n) is 2.55. The van der Waals surface area contributed by atoms with Crippen LogP contribution in [0.2, 0.25) is 0 Å². The van der Waals surface area contributed by atoms with Crippen molar-refractivity contribution in [1.29, 1.82) is 0 Å². The Labute approximate surface area is 102 Å². The van der Waals surface area contributed by atoms with Crippen LogP contribution in [-0.4, -0.2) is 35.1 Å². The molecule has 0 radical (unpaired) electrons. The smallest absolute Gasteiger partial charge is 0.255 e. The van der Waals surface area contributed by atoms with Gasteiger partial charge in [-0.2, -0.15) is 0 Å². The summed E-state index contributed by atoms with van der Waals surface area (Å²) in [4.78, 5) is 13.7. The van der Waals surface area contributed by atoms with Gasteiger partial charge in [-0.25, -0.2) is 0 Å². The number of β-amino-alcohol motifs (C(OH)–C–C–N with tert-alkyl or cyclic N) is 1. The fourth-order valence-corrected chi connectivity index (χ4v) is 2.35. The number of aliphatic hydroxyl groups is 1. The van der Waals surface area contributed by atoms with E-state index in [9.17, 15) is 9.90 Å². The van der Waals surface area contributed by atoms with Gasteiger partial charge in [0.25, 0.3) is 5.91 Å². The molecule has 1 aliphatic rings. The number of hydrogen-bond donors (Lipinski definition) is 1. The molecule has 1 heterocycles. The molecule has 0 aliphatic carbocycles. The van der Waals surface area contributed by atoms with Crippen molar-refractivity contribution in [3.8, 4) is 0 Å². The average molecular weight is 317 g/mol. The summed E-state index contributed by atoms with van der Waals surface area (Å²) in [6.07, 6.45) is 0.338. The van der Waals surface area contributed by atoms with Crippen molar-refractivity contribution in [1.82, 2.24) is 4.90 Å². The topological polar surface area (TPSA) is 40.5 Å². The standard InChI is InChI=1S/C11H12INO2/c12-10-4-2-1-3-9(10)11(15)13-6-5-8(14)7-13/h1-4,8,14H,5-7H2/t8-/m0/s1. The minimum atomic E-state index is -0.352. The van der Waals surface area contributed by atoms with E-state index in [0.29, 0.717) is 19.5 Å². The number of carbonyl (C=O) groups is 1. The predicted molar refractivity (Wildman–Crippen MR) is 65.7 cm³/mol. The Morgan fingerprint density at radius 2 is 2.20 bits per heavy atom. The molecule has 1 saturated heterocycles. The summed E-state index contributed by atoms with van der Waals surface area (Å²) in [6.45, 7) is 1.12. The maximum Gasteiger partial charge on any atom is 0.255 e. The van der Waals surface area contributed by atoms with Crippen LogP contribution in [0.15, 0.2) is 24.3 Å². The van der Waals surface area contributed by atoms with Crippen molar-refractivity contribution in [2.75, 3.05) is 13.1 Å². The van der Waals surface area contributed by atoms with E-state index in [1.54, 1.807) is 4.90 Å². The second kappa shape index (κ2) is 4.49. The lowest BCUT2D eigenvalue weighted by molar-refractivity contribution is 0.0764. The number of aliphatic hydroxyl groups excluding tert-OH is 1. The Kier molecular flexibility index (Phi) is 3.25. The van der Waals surface area contributed by atoms with Crippen LogP contribution >= 0.6 is 22.6 Å². The summed E-state index contributed by atoms with van der Waals surface area (Å²) in [5, 5.41) is 9.37. The third-order valence-corrected chi connectivity index (χ3v) is 3.50. The van der Waals surface area contributed by atoms with Crippen molar-refractivity contribution in [2.24, 2.45) is 0 Å². The van der Waals surface area contributed by atoms with Crippen LogP contribution in [0, 0.1) is 3.57 Å². The largest absolute Gasteiger partial charge is 0.391 e. The Morgan fingerprint density at radius 3 is 2.80 bits per heavy atom. The van der Waals surface area contributed by atoms with E-state index in [1.165, 1.54) is 0 Å². The van der Waals surface area contributed by atoms with E-state index in [4.69, 9.17) is 0 Å². The Balaban J connectivity index is 2.18. The van der Waals surface area contributed by atoms with Crippen LogP contribution in [-0.2, 0) is 0 Å². The fourth-order valence-electron chi connectivity index (χ4n) is 1.73. The summed E-state index contributed by atoms with van der Waals surface area (Å²) in [7, 11) is 0. The van der Waals surface area contributed by atoms with Crippen LogP contribution in [0.3, 0.4) is 0 Å². The molecule has 0 unspecified atom stereocenters. The minimum absolute atomic E-state index is 0.0246. The lowest BCUT2D eigenvalue weighted by Crippen LogP contribution is -2.30. The maximum absolute atomic E-state index is 12.0. The van der Waals surface area contributed by atoms with Gasteiger partial charge in [-0.1, -0.05) is 12.1 Å². The highest BCUT2D eigenvalue weighted by molar-refractivity contribution is 14.1. The Morgan fingerprint density at radius 1 is 1.47 bits per heavy atom. The molecule has 1 aromatic rings. The Hall–Kier alpha value is -0.620. The molecule has 2 rings (SSSR count). The van der Waals surface area contributed by atoms with Crippen LogP contribution in [0.4, 0.5) is 0 Å². The molecule has 1 amide bonds. The quantitative estimate of drug-likeness (QED) is 0.798. The number of benzene rings is 1. The lowest BCUT2D eigenvalue weighted by atomic mass is 10.2. The van der Waals surface area contributed by atoms with Crippen molar-refractivity contribution in [3.05, 3.63) is 33.4 Å². The first-order valence-corrected chi connectivity index (χ1v) is 5.98. The van der Waals surface area contributed by atoms with Crippen LogP contribution in [0.1, 0.15) is 16.8 Å². The van der Waals surface area contributed by atoms with Gasteiger partial charge in [0, 0.05) is 16.7 Å². The normalized spacial score (nSPS) is 20.7. The van der Waals surface area contributed by atoms with E-state index in [1.807, 2.05) is 24.3 Å². The second-order valence-electron chi connectivity index (χ2n) is 3.67. The molecular formula is C11H12INO2. The number of halogens is 1. The van der Waals surface area contributed by atoms with Crippen molar-refractivity contribution in [2.45, 2.75) is 12.5 Å². The molecule has 0 bridgehead atoms. The molecule has 1 aromatic carbocycles. The zero-order chi connectivity index (χ0) is 10.8. The van der Waals surface area contributed by atoms with Gasteiger partial charge in [0.15, 0.2) is 0 Å². The number of likely N-dealkylation sites (tertiary alicyclic amines) is 1. The van der Waals surface area contributed by atoms with Gasteiger partial charge in [0.05, 0.1) is 11.7 Å². The molecule has 0 aromatic heterocycles. The molecule has 0 spiro atoms. The summed E-state index contributed by atoms with van der Waals surface area (Å²) >= 11 is 2.16. The molecule has 4 heteroatoms. The first-order valence-electron chi connectivity index (χ1n) is 4.90. The van der Waals surface area contributed by atoms with E-state index in [0.717, 1.165) is 9.13 Å². The molecule has 80 valence electrons. The van der Waals surface area contributed by atoms with E-state index < -0.39 is 0 Å². The zero-order valence-corrected chi connectivity index (χ0v) is 10.3. The number of carbonyl (C=O) groups excluding carboxylic acids is 1. The first-order chi connectivity index (χ1) is 7.18. The highest BCUT2D eigenvalue weighted by Gasteiger charge is 2.26. The maximum atomic E-state index is 12.0. The van der Waals surface area contributed by atoms with Gasteiger partial charge in [-0.05, 0) is 41.1 Å². The van der Waals surface area contributed by atoms with Gasteiger partial charge in [0.2, 0.25) is 0 Å². The van der Waals surface area contributed by atoms with Crippen molar-refractivity contribution in [3.63, 3.8) is 0 Å². The Bertz CT molecular complexity index is 381.